The van der Waals surface area contributed by atoms with Gasteiger partial charge in [0.05, 0.1) is 4.70 Å². The zero-order chi connectivity index (χ0) is 9.54. The van der Waals surface area contributed by atoms with Crippen molar-refractivity contribution in [2.24, 2.45) is 0 Å². The molecule has 1 aromatic carbocycles. The molecular formula is C12H8OS. The number of thiophene rings is 1. The van der Waals surface area contributed by atoms with E-state index >= 15 is 0 Å². The van der Waals surface area contributed by atoms with E-state index in [-0.39, 0.29) is 0 Å². The summed E-state index contributed by atoms with van der Waals surface area (Å²) < 4.78 is 8.13. The van der Waals surface area contributed by atoms with Crippen LogP contribution in [0.1, 0.15) is 5.76 Å². The zero-order valence-corrected chi connectivity index (χ0v) is 8.30. The lowest BCUT2D eigenvalue weighted by molar-refractivity contribution is 0.608. The van der Waals surface area contributed by atoms with E-state index in [9.17, 15) is 0 Å². The molecule has 0 amide bonds. The molecule has 2 aromatic heterocycles. The van der Waals surface area contributed by atoms with Crippen molar-refractivity contribution in [1.29, 1.82) is 0 Å². The summed E-state index contributed by atoms with van der Waals surface area (Å²) in [6.07, 6.45) is 1.74. The maximum Gasteiger partial charge on any atom is 0.153 e. The number of benzene rings is 1. The molecule has 0 aliphatic rings. The van der Waals surface area contributed by atoms with E-state index in [4.69, 9.17) is 4.42 Å². The van der Waals surface area contributed by atoms with Crippen LogP contribution in [-0.2, 0) is 0 Å². The highest BCUT2D eigenvalue weighted by Crippen LogP contribution is 2.35. The van der Waals surface area contributed by atoms with Gasteiger partial charge in [-0.05, 0) is 18.2 Å². The first-order valence-electron chi connectivity index (χ1n) is 4.42. The Balaban J connectivity index is 2.50. The summed E-state index contributed by atoms with van der Waals surface area (Å²) in [4.78, 5) is 0. The summed E-state index contributed by atoms with van der Waals surface area (Å²) in [5.74, 6) is 0.844. The van der Waals surface area contributed by atoms with Crippen LogP contribution in [0.3, 0.4) is 0 Å². The molecule has 0 unspecified atom stereocenters. The lowest BCUT2D eigenvalue weighted by Crippen LogP contribution is -1.61. The summed E-state index contributed by atoms with van der Waals surface area (Å²) >= 11 is 1.76. The van der Waals surface area contributed by atoms with Gasteiger partial charge in [-0.3, -0.25) is 0 Å². The molecule has 68 valence electrons. The van der Waals surface area contributed by atoms with Gasteiger partial charge >= 0.3 is 0 Å². The Morgan fingerprint density at radius 1 is 1.21 bits per heavy atom. The lowest BCUT2D eigenvalue weighted by Gasteiger charge is -1.86. The van der Waals surface area contributed by atoms with E-state index in [2.05, 4.69) is 18.7 Å². The highest BCUT2D eigenvalue weighted by molar-refractivity contribution is 7.25. The molecule has 0 atom stereocenters. The summed E-state index contributed by atoms with van der Waals surface area (Å²) in [5.41, 5.74) is 0.987. The standard InChI is InChI=1S/C12H8OS/c1-2-8-7-11-12(13-8)9-5-3-4-6-10(9)14-11/h2-7H,1H2. The van der Waals surface area contributed by atoms with Crippen molar-refractivity contribution < 1.29 is 4.42 Å². The van der Waals surface area contributed by atoms with Crippen LogP contribution in [0.5, 0.6) is 0 Å². The molecule has 1 nitrogen and oxygen atoms in total. The molecule has 0 spiro atoms. The van der Waals surface area contributed by atoms with Crippen molar-refractivity contribution in [3.8, 4) is 0 Å². The third kappa shape index (κ3) is 0.946. The normalized spacial score (nSPS) is 11.1. The Hall–Kier alpha value is -1.54. The monoisotopic (exact) mass is 200 g/mol. The third-order valence-electron chi connectivity index (χ3n) is 2.27. The fourth-order valence-electron chi connectivity index (χ4n) is 1.62. The summed E-state index contributed by atoms with van der Waals surface area (Å²) in [5, 5.41) is 1.20. The average molecular weight is 200 g/mol. The van der Waals surface area contributed by atoms with Gasteiger partial charge < -0.3 is 4.42 Å². The van der Waals surface area contributed by atoms with Crippen LogP contribution in [0.15, 0.2) is 41.3 Å². The van der Waals surface area contributed by atoms with Crippen molar-refractivity contribution in [2.75, 3.05) is 0 Å². The predicted molar refractivity (Wildman–Crippen MR) is 61.7 cm³/mol. The van der Waals surface area contributed by atoms with E-state index in [0.29, 0.717) is 0 Å². The first-order chi connectivity index (χ1) is 6.88. The summed E-state index contributed by atoms with van der Waals surface area (Å²) in [7, 11) is 0. The minimum Gasteiger partial charge on any atom is -0.455 e. The predicted octanol–water partition coefficient (Wildman–Crippen LogP) is 4.29. The van der Waals surface area contributed by atoms with Crippen LogP contribution in [0, 0.1) is 0 Å². The topological polar surface area (TPSA) is 13.1 Å². The largest absolute Gasteiger partial charge is 0.455 e. The fourth-order valence-corrected chi connectivity index (χ4v) is 2.69. The van der Waals surface area contributed by atoms with Gasteiger partial charge in [-0.2, -0.15) is 0 Å². The third-order valence-corrected chi connectivity index (χ3v) is 3.37. The Morgan fingerprint density at radius 3 is 2.93 bits per heavy atom. The van der Waals surface area contributed by atoms with E-state index in [1.807, 2.05) is 18.2 Å². The number of rotatable bonds is 1. The van der Waals surface area contributed by atoms with Gasteiger partial charge in [0.15, 0.2) is 5.58 Å². The second kappa shape index (κ2) is 2.72. The number of furan rings is 1. The van der Waals surface area contributed by atoms with Crippen LogP contribution in [0.25, 0.3) is 26.4 Å². The quantitative estimate of drug-likeness (QED) is 0.571. The Kier molecular flexibility index (Phi) is 1.52. The molecule has 2 heterocycles. The van der Waals surface area contributed by atoms with Gasteiger partial charge in [0.2, 0.25) is 0 Å². The Labute approximate surface area is 85.3 Å². The van der Waals surface area contributed by atoms with Crippen molar-refractivity contribution in [1.82, 2.24) is 0 Å². The number of hydrogen-bond acceptors (Lipinski definition) is 2. The lowest BCUT2D eigenvalue weighted by atomic mass is 10.2. The second-order valence-electron chi connectivity index (χ2n) is 3.14. The molecule has 14 heavy (non-hydrogen) atoms. The van der Waals surface area contributed by atoms with E-state index < -0.39 is 0 Å². The van der Waals surface area contributed by atoms with E-state index in [1.165, 1.54) is 14.8 Å². The molecule has 0 radical (unpaired) electrons. The highest BCUT2D eigenvalue weighted by Gasteiger charge is 2.08. The van der Waals surface area contributed by atoms with Crippen LogP contribution in [0.4, 0.5) is 0 Å². The van der Waals surface area contributed by atoms with Gasteiger partial charge in [-0.15, -0.1) is 11.3 Å². The SMILES string of the molecule is C=Cc1cc2sc3ccccc3c2o1. The molecule has 2 heteroatoms. The van der Waals surface area contributed by atoms with Crippen LogP contribution in [-0.4, -0.2) is 0 Å². The number of fused-ring (bicyclic) bond motifs is 3. The Bertz CT molecular complexity index is 615. The maximum absolute atomic E-state index is 5.66. The molecule has 0 fully saturated rings. The molecular weight excluding hydrogens is 192 g/mol. The van der Waals surface area contributed by atoms with Gasteiger partial charge in [0, 0.05) is 16.2 Å². The van der Waals surface area contributed by atoms with Crippen molar-refractivity contribution >= 4 is 37.8 Å². The van der Waals surface area contributed by atoms with Crippen molar-refractivity contribution in [2.45, 2.75) is 0 Å². The molecule has 0 N–H and O–H groups in total. The zero-order valence-electron chi connectivity index (χ0n) is 7.49. The van der Waals surface area contributed by atoms with Crippen LogP contribution in [0.2, 0.25) is 0 Å². The molecule has 0 aliphatic heterocycles. The summed E-state index contributed by atoms with van der Waals surface area (Å²) in [6.45, 7) is 3.70. The minimum absolute atomic E-state index is 0.844. The van der Waals surface area contributed by atoms with E-state index in [0.717, 1.165) is 11.3 Å². The smallest absolute Gasteiger partial charge is 0.153 e. The van der Waals surface area contributed by atoms with Gasteiger partial charge in [-0.25, -0.2) is 0 Å². The second-order valence-corrected chi connectivity index (χ2v) is 4.23. The summed E-state index contributed by atoms with van der Waals surface area (Å²) in [6, 6.07) is 10.3. The maximum atomic E-state index is 5.66. The average Bonchev–Trinajstić information content (AvgIpc) is 2.73. The molecule has 0 aliphatic carbocycles. The van der Waals surface area contributed by atoms with Gasteiger partial charge in [-0.1, -0.05) is 18.7 Å². The first kappa shape index (κ1) is 7.83. The van der Waals surface area contributed by atoms with Gasteiger partial charge in [0.1, 0.15) is 5.76 Å². The van der Waals surface area contributed by atoms with Crippen LogP contribution < -0.4 is 0 Å². The minimum atomic E-state index is 0.844. The first-order valence-corrected chi connectivity index (χ1v) is 5.23. The Morgan fingerprint density at radius 2 is 2.07 bits per heavy atom. The molecule has 0 saturated heterocycles. The molecule has 3 rings (SSSR count). The highest BCUT2D eigenvalue weighted by atomic mass is 32.1. The molecule has 0 saturated carbocycles. The van der Waals surface area contributed by atoms with Crippen LogP contribution >= 0.6 is 11.3 Å². The van der Waals surface area contributed by atoms with E-state index in [1.54, 1.807) is 17.4 Å². The fraction of sp³-hybridized carbons (Fsp3) is 0. The van der Waals surface area contributed by atoms with Crippen molar-refractivity contribution in [3.05, 3.63) is 42.7 Å². The number of hydrogen-bond donors (Lipinski definition) is 0. The molecule has 3 aromatic rings. The van der Waals surface area contributed by atoms with Gasteiger partial charge in [0.25, 0.3) is 0 Å². The molecule has 0 bridgehead atoms. The van der Waals surface area contributed by atoms with Crippen molar-refractivity contribution in [3.63, 3.8) is 0 Å².